The van der Waals surface area contributed by atoms with Crippen molar-refractivity contribution in [1.29, 1.82) is 0 Å². The van der Waals surface area contributed by atoms with Gasteiger partial charge in [-0.15, -0.1) is 11.8 Å². The average Bonchev–Trinajstić information content (AvgIpc) is 2.56. The second kappa shape index (κ2) is 7.26. The van der Waals surface area contributed by atoms with Crippen LogP contribution in [0.3, 0.4) is 0 Å². The molecule has 0 spiro atoms. The van der Waals surface area contributed by atoms with Crippen LogP contribution in [-0.4, -0.2) is 19.5 Å². The molecule has 0 aliphatic carbocycles. The van der Waals surface area contributed by atoms with E-state index in [0.29, 0.717) is 5.56 Å². The number of sulfone groups is 1. The molecule has 0 aliphatic rings. The smallest absolute Gasteiger partial charge is 0.189 e. The lowest BCUT2D eigenvalue weighted by Gasteiger charge is -2.15. The molecule has 3 nitrogen and oxygen atoms in total. The molecule has 2 aromatic rings. The van der Waals surface area contributed by atoms with Gasteiger partial charge in [-0.05, 0) is 26.0 Å². The molecule has 23 heavy (non-hydrogen) atoms. The van der Waals surface area contributed by atoms with E-state index in [2.05, 4.69) is 11.8 Å². The molecule has 0 heterocycles. The summed E-state index contributed by atoms with van der Waals surface area (Å²) < 4.78 is 25.8. The van der Waals surface area contributed by atoms with Gasteiger partial charge in [-0.3, -0.25) is 4.79 Å². The van der Waals surface area contributed by atoms with E-state index in [9.17, 15) is 13.2 Å². The Morgan fingerprint density at radius 2 is 1.65 bits per heavy atom. The van der Waals surface area contributed by atoms with Crippen molar-refractivity contribution in [2.24, 2.45) is 0 Å². The molecule has 1 unspecified atom stereocenters. The lowest BCUT2D eigenvalue weighted by Crippen LogP contribution is -2.30. The van der Waals surface area contributed by atoms with Crippen LogP contribution in [0.2, 0.25) is 0 Å². The number of hydrogen-bond acceptors (Lipinski definition) is 3. The zero-order valence-electron chi connectivity index (χ0n) is 13.1. The summed E-state index contributed by atoms with van der Waals surface area (Å²) in [7, 11) is -3.79. The number of carbonyl (C=O) groups is 1. The van der Waals surface area contributed by atoms with Crippen LogP contribution in [0.4, 0.5) is 0 Å². The molecule has 0 bridgehead atoms. The van der Waals surface area contributed by atoms with E-state index >= 15 is 0 Å². The maximum absolute atomic E-state index is 12.9. The molecule has 0 aromatic heterocycles. The van der Waals surface area contributed by atoms with E-state index in [1.807, 2.05) is 6.92 Å². The summed E-state index contributed by atoms with van der Waals surface area (Å²) in [5, 5.41) is -1.19. The summed E-state index contributed by atoms with van der Waals surface area (Å²) in [6.45, 7) is 3.51. The number of aryl methyl sites for hydroxylation is 1. The number of hydrogen-bond donors (Lipinski definition) is 0. The second-order valence-corrected chi connectivity index (χ2v) is 7.34. The van der Waals surface area contributed by atoms with Gasteiger partial charge in [0.1, 0.15) is 5.25 Å². The highest BCUT2D eigenvalue weighted by molar-refractivity contribution is 7.92. The highest BCUT2D eigenvalue weighted by atomic mass is 32.2. The number of rotatable bonds is 5. The van der Waals surface area contributed by atoms with Crippen molar-refractivity contribution >= 4 is 15.6 Å². The molecule has 0 radical (unpaired) electrons. The maximum atomic E-state index is 12.9. The van der Waals surface area contributed by atoms with Crippen LogP contribution in [0.25, 0.3) is 0 Å². The minimum atomic E-state index is -3.79. The minimum absolute atomic E-state index is 0.0135. The first-order chi connectivity index (χ1) is 11.0. The lowest BCUT2D eigenvalue weighted by atomic mass is 10.1. The molecule has 0 saturated carbocycles. The zero-order chi connectivity index (χ0) is 16.9. The topological polar surface area (TPSA) is 51.2 Å². The molecule has 2 aromatic carbocycles. The van der Waals surface area contributed by atoms with Gasteiger partial charge in [-0.25, -0.2) is 8.42 Å². The van der Waals surface area contributed by atoms with Crippen molar-refractivity contribution in [2.75, 3.05) is 0 Å². The maximum Gasteiger partial charge on any atom is 0.189 e. The van der Waals surface area contributed by atoms with Crippen molar-refractivity contribution in [3.8, 4) is 11.8 Å². The molecule has 0 aliphatic heterocycles. The predicted octanol–water partition coefficient (Wildman–Crippen LogP) is 3.43. The van der Waals surface area contributed by atoms with Gasteiger partial charge in [-0.1, -0.05) is 48.0 Å². The largest absolute Gasteiger partial charge is 0.293 e. The van der Waals surface area contributed by atoms with Crippen LogP contribution in [0.15, 0.2) is 59.5 Å². The number of Topliss-reactive ketones (excluding diaryl/α,β-unsaturated/α-hetero) is 1. The molecule has 0 N–H and O–H groups in total. The van der Waals surface area contributed by atoms with Crippen LogP contribution in [0.5, 0.6) is 0 Å². The molecular weight excluding hydrogens is 308 g/mol. The molecule has 118 valence electrons. The summed E-state index contributed by atoms with van der Waals surface area (Å²) in [6, 6.07) is 15.0. The van der Waals surface area contributed by atoms with Crippen molar-refractivity contribution in [3.05, 3.63) is 65.7 Å². The third-order valence-corrected chi connectivity index (χ3v) is 5.60. The van der Waals surface area contributed by atoms with E-state index in [0.717, 1.165) is 5.56 Å². The van der Waals surface area contributed by atoms with Crippen molar-refractivity contribution in [3.63, 3.8) is 0 Å². The van der Waals surface area contributed by atoms with Crippen LogP contribution in [0, 0.1) is 18.8 Å². The summed E-state index contributed by atoms with van der Waals surface area (Å²) in [5.74, 6) is 4.98. The van der Waals surface area contributed by atoms with Gasteiger partial charge in [0.15, 0.2) is 15.6 Å². The first-order valence-corrected chi connectivity index (χ1v) is 8.81. The molecule has 0 amide bonds. The first kappa shape index (κ1) is 17.0. The van der Waals surface area contributed by atoms with Crippen LogP contribution < -0.4 is 0 Å². The van der Waals surface area contributed by atoms with Gasteiger partial charge in [0.2, 0.25) is 0 Å². The van der Waals surface area contributed by atoms with Gasteiger partial charge in [0, 0.05) is 12.0 Å². The van der Waals surface area contributed by atoms with Gasteiger partial charge in [0.25, 0.3) is 0 Å². The van der Waals surface area contributed by atoms with Crippen LogP contribution in [0.1, 0.15) is 29.3 Å². The van der Waals surface area contributed by atoms with Gasteiger partial charge >= 0.3 is 0 Å². The second-order valence-electron chi connectivity index (χ2n) is 5.21. The third kappa shape index (κ3) is 3.88. The van der Waals surface area contributed by atoms with Crippen LogP contribution >= 0.6 is 0 Å². The Bertz CT molecular complexity index is 839. The third-order valence-electron chi connectivity index (χ3n) is 3.54. The first-order valence-electron chi connectivity index (χ1n) is 7.26. The predicted molar refractivity (Wildman–Crippen MR) is 91.0 cm³/mol. The number of ketones is 1. The molecule has 4 heteroatoms. The summed E-state index contributed by atoms with van der Waals surface area (Å²) in [6.07, 6.45) is -0.0135. The summed E-state index contributed by atoms with van der Waals surface area (Å²) in [5.41, 5.74) is 1.34. The quantitative estimate of drug-likeness (QED) is 0.625. The normalized spacial score (nSPS) is 12.1. The Labute approximate surface area is 137 Å². The van der Waals surface area contributed by atoms with Gasteiger partial charge < -0.3 is 0 Å². The lowest BCUT2D eigenvalue weighted by molar-refractivity contribution is 0.0988. The Morgan fingerprint density at radius 3 is 2.22 bits per heavy atom. The van der Waals surface area contributed by atoms with Crippen molar-refractivity contribution in [1.82, 2.24) is 0 Å². The highest BCUT2D eigenvalue weighted by Crippen LogP contribution is 2.22. The fourth-order valence-corrected chi connectivity index (χ4v) is 3.78. The zero-order valence-corrected chi connectivity index (χ0v) is 13.9. The van der Waals surface area contributed by atoms with E-state index in [-0.39, 0.29) is 11.3 Å². The summed E-state index contributed by atoms with van der Waals surface area (Å²) in [4.78, 5) is 12.8. The SMILES string of the molecule is CC#CCC(C(=O)c1ccccc1)S(=O)(=O)c1ccc(C)cc1. The fourth-order valence-electron chi connectivity index (χ4n) is 2.22. The van der Waals surface area contributed by atoms with Crippen LogP contribution in [-0.2, 0) is 9.84 Å². The van der Waals surface area contributed by atoms with E-state index in [4.69, 9.17) is 0 Å². The minimum Gasteiger partial charge on any atom is -0.293 e. The van der Waals surface area contributed by atoms with Crippen molar-refractivity contribution < 1.29 is 13.2 Å². The van der Waals surface area contributed by atoms with E-state index < -0.39 is 20.9 Å². The molecular formula is C19H18O3S. The Kier molecular flexibility index (Phi) is 5.36. The monoisotopic (exact) mass is 326 g/mol. The Hall–Kier alpha value is -2.38. The van der Waals surface area contributed by atoms with Crippen molar-refractivity contribution in [2.45, 2.75) is 30.4 Å². The molecule has 1 atom stereocenters. The average molecular weight is 326 g/mol. The Balaban J connectivity index is 2.47. The van der Waals surface area contributed by atoms with Gasteiger partial charge in [0.05, 0.1) is 4.90 Å². The fraction of sp³-hybridized carbons (Fsp3) is 0.211. The highest BCUT2D eigenvalue weighted by Gasteiger charge is 2.33. The molecule has 2 rings (SSSR count). The Morgan fingerprint density at radius 1 is 1.04 bits per heavy atom. The summed E-state index contributed by atoms with van der Waals surface area (Å²) >= 11 is 0. The number of carbonyl (C=O) groups excluding carboxylic acids is 1. The molecule has 0 saturated heterocycles. The van der Waals surface area contributed by atoms with Gasteiger partial charge in [-0.2, -0.15) is 0 Å². The van der Waals surface area contributed by atoms with E-state index in [1.165, 1.54) is 12.1 Å². The standard InChI is InChI=1S/C19H18O3S/c1-3-4-10-18(19(20)16-8-6-5-7-9-16)23(21,22)17-13-11-15(2)12-14-17/h5-9,11-14,18H,10H2,1-2H3. The number of benzene rings is 2. The molecule has 0 fully saturated rings. The van der Waals surface area contributed by atoms with E-state index in [1.54, 1.807) is 49.4 Å².